The Morgan fingerprint density at radius 3 is 3.24 bits per heavy atom. The number of aliphatic hydroxyl groups excluding tert-OH is 1. The van der Waals surface area contributed by atoms with Crippen LogP contribution < -0.4 is 5.32 Å². The minimum Gasteiger partial charge on any atom is -0.394 e. The second-order valence-corrected chi connectivity index (χ2v) is 6.52. The molecule has 0 saturated heterocycles. The number of aromatic nitrogens is 3. The van der Waals surface area contributed by atoms with Crippen molar-refractivity contribution in [2.45, 2.75) is 30.4 Å². The number of hydrogen-bond donors (Lipinski definition) is 2. The van der Waals surface area contributed by atoms with E-state index in [0.717, 1.165) is 22.9 Å². The summed E-state index contributed by atoms with van der Waals surface area (Å²) in [6, 6.07) is 6.37. The highest BCUT2D eigenvalue weighted by Crippen LogP contribution is 2.37. The van der Waals surface area contributed by atoms with Gasteiger partial charge in [0.15, 0.2) is 0 Å². The predicted molar refractivity (Wildman–Crippen MR) is 83.5 cm³/mol. The molecule has 0 bridgehead atoms. The minimum absolute atomic E-state index is 0.0714. The summed E-state index contributed by atoms with van der Waals surface area (Å²) in [5, 5.41) is 21.3. The third-order valence-corrected chi connectivity index (χ3v) is 4.81. The lowest BCUT2D eigenvalue weighted by Gasteiger charge is -2.26. The predicted octanol–water partition coefficient (Wildman–Crippen LogP) is 2.25. The molecule has 3 rings (SSSR count). The van der Waals surface area contributed by atoms with Crippen molar-refractivity contribution in [3.05, 3.63) is 40.7 Å². The summed E-state index contributed by atoms with van der Waals surface area (Å²) in [6.45, 7) is 1.21. The van der Waals surface area contributed by atoms with Gasteiger partial charge in [0.05, 0.1) is 18.8 Å². The van der Waals surface area contributed by atoms with Crippen molar-refractivity contribution in [2.24, 2.45) is 0 Å². The van der Waals surface area contributed by atoms with Gasteiger partial charge in [0.2, 0.25) is 0 Å². The molecule has 1 aromatic heterocycles. The van der Waals surface area contributed by atoms with Crippen molar-refractivity contribution < 1.29 is 5.11 Å². The zero-order valence-electron chi connectivity index (χ0n) is 11.5. The summed E-state index contributed by atoms with van der Waals surface area (Å²) >= 11 is 7.99. The average Bonchev–Trinajstić information content (AvgIpc) is 2.93. The number of benzene rings is 1. The number of aliphatic hydroxyl groups is 1. The summed E-state index contributed by atoms with van der Waals surface area (Å²) in [4.78, 5) is 1.30. The van der Waals surface area contributed by atoms with Crippen molar-refractivity contribution in [3.8, 4) is 0 Å². The molecule has 0 radical (unpaired) electrons. The number of halogens is 1. The van der Waals surface area contributed by atoms with Gasteiger partial charge in [0.1, 0.15) is 0 Å². The number of nitrogens with one attached hydrogen (secondary N) is 1. The highest BCUT2D eigenvalue weighted by Gasteiger charge is 2.20. The van der Waals surface area contributed by atoms with Crippen molar-refractivity contribution in [1.29, 1.82) is 0 Å². The van der Waals surface area contributed by atoms with Crippen LogP contribution in [0, 0.1) is 0 Å². The number of thioether (sulfide) groups is 1. The Balaban J connectivity index is 1.67. The van der Waals surface area contributed by atoms with Gasteiger partial charge in [-0.05, 0) is 35.9 Å². The van der Waals surface area contributed by atoms with Crippen LogP contribution in [0.3, 0.4) is 0 Å². The zero-order chi connectivity index (χ0) is 14.7. The fourth-order valence-electron chi connectivity index (χ4n) is 2.44. The Kier molecular flexibility index (Phi) is 4.80. The average molecular weight is 325 g/mol. The summed E-state index contributed by atoms with van der Waals surface area (Å²) in [6.07, 6.45) is 2.93. The summed E-state index contributed by atoms with van der Waals surface area (Å²) in [7, 11) is 0. The SMILES string of the molecule is OCCn1cc(CNC2CCSc3ccc(Cl)cc32)nn1. The standard InChI is InChI=1S/C14H17ClN4OS/c15-10-1-2-14-12(7-10)13(3-6-21-14)16-8-11-9-19(4-5-20)18-17-11/h1-2,7,9,13,16,20H,3-6,8H2. The topological polar surface area (TPSA) is 63.0 Å². The van der Waals surface area contributed by atoms with E-state index >= 15 is 0 Å². The molecule has 2 aromatic rings. The van der Waals surface area contributed by atoms with Crippen LogP contribution in [0.4, 0.5) is 0 Å². The van der Waals surface area contributed by atoms with Crippen LogP contribution in [0.25, 0.3) is 0 Å². The maximum Gasteiger partial charge on any atom is 0.0965 e. The van der Waals surface area contributed by atoms with Gasteiger partial charge in [0, 0.05) is 28.7 Å². The molecule has 0 spiro atoms. The van der Waals surface area contributed by atoms with E-state index in [2.05, 4.69) is 21.7 Å². The van der Waals surface area contributed by atoms with Crippen LogP contribution in [0.15, 0.2) is 29.3 Å². The van der Waals surface area contributed by atoms with Crippen molar-refractivity contribution in [1.82, 2.24) is 20.3 Å². The molecular weight excluding hydrogens is 308 g/mol. The second-order valence-electron chi connectivity index (χ2n) is 4.95. The van der Waals surface area contributed by atoms with E-state index in [-0.39, 0.29) is 6.61 Å². The Bertz CT molecular complexity index is 619. The minimum atomic E-state index is 0.0714. The molecule has 1 aliphatic heterocycles. The molecule has 0 saturated carbocycles. The maximum absolute atomic E-state index is 8.88. The van der Waals surface area contributed by atoms with Crippen LogP contribution in [0.5, 0.6) is 0 Å². The number of rotatable bonds is 5. The third-order valence-electron chi connectivity index (χ3n) is 3.46. The molecule has 1 unspecified atom stereocenters. The first-order valence-corrected chi connectivity index (χ1v) is 8.28. The zero-order valence-corrected chi connectivity index (χ0v) is 13.1. The molecule has 112 valence electrons. The van der Waals surface area contributed by atoms with E-state index in [9.17, 15) is 0 Å². The maximum atomic E-state index is 8.88. The van der Waals surface area contributed by atoms with Crippen molar-refractivity contribution >= 4 is 23.4 Å². The van der Waals surface area contributed by atoms with Crippen LogP contribution >= 0.6 is 23.4 Å². The van der Waals surface area contributed by atoms with Crippen LogP contribution in [-0.4, -0.2) is 32.5 Å². The molecule has 0 amide bonds. The molecule has 1 atom stereocenters. The Labute approximate surface area is 132 Å². The van der Waals surface area contributed by atoms with Crippen LogP contribution in [-0.2, 0) is 13.1 Å². The van der Waals surface area contributed by atoms with Gasteiger partial charge in [-0.15, -0.1) is 16.9 Å². The largest absolute Gasteiger partial charge is 0.394 e. The van der Waals surface area contributed by atoms with E-state index in [4.69, 9.17) is 16.7 Å². The second kappa shape index (κ2) is 6.79. The Morgan fingerprint density at radius 1 is 1.48 bits per heavy atom. The molecular formula is C14H17ClN4OS. The molecule has 21 heavy (non-hydrogen) atoms. The van der Waals surface area contributed by atoms with E-state index in [0.29, 0.717) is 19.1 Å². The highest BCUT2D eigenvalue weighted by atomic mass is 35.5. The Morgan fingerprint density at radius 2 is 2.38 bits per heavy atom. The third kappa shape index (κ3) is 3.58. The monoisotopic (exact) mass is 324 g/mol. The van der Waals surface area contributed by atoms with Gasteiger partial charge in [-0.2, -0.15) is 0 Å². The number of nitrogens with zero attached hydrogens (tertiary/aromatic N) is 3. The van der Waals surface area contributed by atoms with Gasteiger partial charge in [-0.25, -0.2) is 4.68 Å². The lowest BCUT2D eigenvalue weighted by Crippen LogP contribution is -2.24. The molecule has 1 aromatic carbocycles. The fourth-order valence-corrected chi connectivity index (χ4v) is 3.72. The number of hydrogen-bond acceptors (Lipinski definition) is 5. The first-order valence-electron chi connectivity index (χ1n) is 6.92. The van der Waals surface area contributed by atoms with Gasteiger partial charge < -0.3 is 10.4 Å². The molecule has 2 heterocycles. The smallest absolute Gasteiger partial charge is 0.0965 e. The molecule has 2 N–H and O–H groups in total. The van der Waals surface area contributed by atoms with E-state index in [1.54, 1.807) is 4.68 Å². The first kappa shape index (κ1) is 14.8. The van der Waals surface area contributed by atoms with Gasteiger partial charge in [-0.1, -0.05) is 16.8 Å². The van der Waals surface area contributed by atoms with E-state index in [1.807, 2.05) is 30.1 Å². The normalized spacial score (nSPS) is 17.7. The lowest BCUT2D eigenvalue weighted by molar-refractivity contribution is 0.268. The summed E-state index contributed by atoms with van der Waals surface area (Å²) < 4.78 is 1.65. The molecule has 0 aliphatic carbocycles. The van der Waals surface area contributed by atoms with Gasteiger partial charge >= 0.3 is 0 Å². The van der Waals surface area contributed by atoms with E-state index < -0.39 is 0 Å². The highest BCUT2D eigenvalue weighted by molar-refractivity contribution is 7.99. The van der Waals surface area contributed by atoms with Crippen molar-refractivity contribution in [2.75, 3.05) is 12.4 Å². The molecule has 5 nitrogen and oxygen atoms in total. The van der Waals surface area contributed by atoms with Crippen LogP contribution in [0.1, 0.15) is 23.7 Å². The molecule has 0 fully saturated rings. The fraction of sp³-hybridized carbons (Fsp3) is 0.429. The van der Waals surface area contributed by atoms with Gasteiger partial charge in [0.25, 0.3) is 0 Å². The summed E-state index contributed by atoms with van der Waals surface area (Å²) in [5.41, 5.74) is 2.15. The van der Waals surface area contributed by atoms with Crippen LogP contribution in [0.2, 0.25) is 5.02 Å². The lowest BCUT2D eigenvalue weighted by atomic mass is 10.0. The molecule has 1 aliphatic rings. The first-order chi connectivity index (χ1) is 10.3. The van der Waals surface area contributed by atoms with Gasteiger partial charge in [-0.3, -0.25) is 0 Å². The summed E-state index contributed by atoms with van der Waals surface area (Å²) in [5.74, 6) is 1.10. The van der Waals surface area contributed by atoms with Crippen molar-refractivity contribution in [3.63, 3.8) is 0 Å². The number of fused-ring (bicyclic) bond motifs is 1. The van der Waals surface area contributed by atoms with E-state index in [1.165, 1.54) is 10.5 Å². The Hall–Kier alpha value is -1.08. The molecule has 7 heteroatoms. The quantitative estimate of drug-likeness (QED) is 0.883.